The molecule has 0 bridgehead atoms. The zero-order valence-electron chi connectivity index (χ0n) is 20.4. The first-order valence-corrected chi connectivity index (χ1v) is 12.2. The van der Waals surface area contributed by atoms with Crippen molar-refractivity contribution >= 4 is 35.0 Å². The largest absolute Gasteiger partial charge is 0.416 e. The van der Waals surface area contributed by atoms with Crippen molar-refractivity contribution < 1.29 is 22.8 Å². The molecule has 0 aliphatic heterocycles. The molecule has 4 rings (SSSR count). The second-order valence-corrected chi connectivity index (χ2v) is 8.99. The van der Waals surface area contributed by atoms with Gasteiger partial charge in [0.1, 0.15) is 0 Å². The van der Waals surface area contributed by atoms with Crippen LogP contribution in [0.25, 0.3) is 0 Å². The molecule has 0 unspecified atom stereocenters. The average molecular weight is 553 g/mol. The molecular weight excluding hydrogens is 529 g/mol. The Balaban J connectivity index is 1.59. The van der Waals surface area contributed by atoms with Crippen LogP contribution in [0.3, 0.4) is 0 Å². The van der Waals surface area contributed by atoms with Gasteiger partial charge in [-0.3, -0.25) is 0 Å². The number of urea groups is 2. The van der Waals surface area contributed by atoms with E-state index in [2.05, 4.69) is 21.3 Å². The third-order valence-corrected chi connectivity index (χ3v) is 6.05. The summed E-state index contributed by atoms with van der Waals surface area (Å²) in [5, 5.41) is 11.7. The van der Waals surface area contributed by atoms with Crippen LogP contribution < -0.4 is 21.3 Å². The van der Waals surface area contributed by atoms with Crippen molar-refractivity contribution in [2.75, 3.05) is 10.6 Å². The van der Waals surface area contributed by atoms with E-state index in [1.807, 2.05) is 36.4 Å². The Labute approximate surface area is 228 Å². The van der Waals surface area contributed by atoms with Gasteiger partial charge in [-0.25, -0.2) is 9.59 Å². The van der Waals surface area contributed by atoms with Crippen molar-refractivity contribution in [1.82, 2.24) is 10.6 Å². The quantitative estimate of drug-likeness (QED) is 0.189. The molecule has 4 amide bonds. The highest BCUT2D eigenvalue weighted by atomic mass is 35.5. The monoisotopic (exact) mass is 552 g/mol. The summed E-state index contributed by atoms with van der Waals surface area (Å²) in [7, 11) is 0. The highest BCUT2D eigenvalue weighted by Gasteiger charge is 2.31. The van der Waals surface area contributed by atoms with Gasteiger partial charge in [-0.05, 0) is 59.7 Å². The van der Waals surface area contributed by atoms with E-state index in [4.69, 9.17) is 11.6 Å². The van der Waals surface area contributed by atoms with Crippen LogP contribution in [-0.2, 0) is 6.18 Å². The van der Waals surface area contributed by atoms with E-state index < -0.39 is 35.9 Å². The molecule has 4 aromatic rings. The fourth-order valence-electron chi connectivity index (χ4n) is 3.93. The van der Waals surface area contributed by atoms with Crippen LogP contribution in [0.5, 0.6) is 0 Å². The van der Waals surface area contributed by atoms with Crippen molar-refractivity contribution in [3.8, 4) is 0 Å². The third kappa shape index (κ3) is 7.75. The molecule has 0 aliphatic carbocycles. The van der Waals surface area contributed by atoms with E-state index >= 15 is 0 Å². The Hall–Kier alpha value is -4.50. The maximum absolute atomic E-state index is 13.0. The number of hydrogen-bond donors (Lipinski definition) is 4. The van der Waals surface area contributed by atoms with E-state index in [1.165, 1.54) is 12.1 Å². The number of anilines is 2. The van der Waals surface area contributed by atoms with Gasteiger partial charge < -0.3 is 21.3 Å². The molecule has 0 spiro atoms. The number of halogens is 4. The summed E-state index contributed by atoms with van der Waals surface area (Å²) in [6.07, 6.45) is -4.49. The summed E-state index contributed by atoms with van der Waals surface area (Å²) in [5.74, 6) is 0. The second-order valence-electron chi connectivity index (χ2n) is 8.56. The lowest BCUT2D eigenvalue weighted by Crippen LogP contribution is -2.43. The molecular formula is C29H24ClF3N4O2. The van der Waals surface area contributed by atoms with Crippen LogP contribution >= 0.6 is 11.6 Å². The summed E-state index contributed by atoms with van der Waals surface area (Å²) in [5.41, 5.74) is 1.29. The first-order valence-electron chi connectivity index (χ1n) is 11.9. The van der Waals surface area contributed by atoms with Gasteiger partial charge in [0.2, 0.25) is 0 Å². The lowest BCUT2D eigenvalue weighted by Gasteiger charge is -2.30. The number of nitrogens with one attached hydrogen (secondary N) is 4. The van der Waals surface area contributed by atoms with Crippen molar-refractivity contribution in [3.63, 3.8) is 0 Å². The molecule has 4 aromatic carbocycles. The molecule has 0 saturated heterocycles. The van der Waals surface area contributed by atoms with Gasteiger partial charge >= 0.3 is 18.2 Å². The molecule has 0 aromatic heterocycles. The Bertz CT molecular complexity index is 1380. The Morgan fingerprint density at radius 3 is 1.36 bits per heavy atom. The molecule has 39 heavy (non-hydrogen) atoms. The third-order valence-electron chi connectivity index (χ3n) is 5.80. The Kier molecular flexibility index (Phi) is 8.73. The molecule has 0 saturated carbocycles. The van der Waals surface area contributed by atoms with Gasteiger partial charge in [0, 0.05) is 16.4 Å². The molecule has 2 atom stereocenters. The normalized spacial score (nSPS) is 12.6. The molecule has 4 N–H and O–H groups in total. The van der Waals surface area contributed by atoms with Crippen LogP contribution in [0, 0.1) is 0 Å². The van der Waals surface area contributed by atoms with Crippen molar-refractivity contribution in [2.45, 2.75) is 18.3 Å². The van der Waals surface area contributed by atoms with Crippen LogP contribution in [0.15, 0.2) is 109 Å². The van der Waals surface area contributed by atoms with Crippen LogP contribution in [0.4, 0.5) is 34.1 Å². The lowest BCUT2D eigenvalue weighted by molar-refractivity contribution is -0.137. The van der Waals surface area contributed by atoms with E-state index in [-0.39, 0.29) is 5.69 Å². The zero-order chi connectivity index (χ0) is 27.8. The van der Waals surface area contributed by atoms with E-state index in [9.17, 15) is 22.8 Å². The zero-order valence-corrected chi connectivity index (χ0v) is 21.1. The number of carbonyl (C=O) groups is 2. The summed E-state index contributed by atoms with van der Waals surface area (Å²) in [6, 6.07) is 26.2. The Morgan fingerprint density at radius 2 is 0.974 bits per heavy atom. The number of alkyl halides is 3. The van der Waals surface area contributed by atoms with Gasteiger partial charge in [-0.2, -0.15) is 13.2 Å². The number of benzene rings is 4. The van der Waals surface area contributed by atoms with E-state index in [0.717, 1.165) is 12.1 Å². The van der Waals surface area contributed by atoms with Gasteiger partial charge in [-0.1, -0.05) is 72.3 Å². The summed E-state index contributed by atoms with van der Waals surface area (Å²) in [6.45, 7) is 0. The molecule has 0 fully saturated rings. The summed E-state index contributed by atoms with van der Waals surface area (Å²) >= 11 is 5.93. The van der Waals surface area contributed by atoms with Gasteiger partial charge in [-0.15, -0.1) is 0 Å². The van der Waals surface area contributed by atoms with Crippen molar-refractivity contribution in [2.24, 2.45) is 0 Å². The van der Waals surface area contributed by atoms with E-state index in [0.29, 0.717) is 21.8 Å². The van der Waals surface area contributed by atoms with Crippen molar-refractivity contribution in [1.29, 1.82) is 0 Å². The minimum atomic E-state index is -4.49. The molecule has 0 heterocycles. The van der Waals surface area contributed by atoms with Crippen LogP contribution in [0.2, 0.25) is 5.02 Å². The standard InChI is InChI=1S/C29H24ClF3N4O2/c30-22-13-17-24(18-14-22)35-28(39)37-26(20-9-5-2-6-10-20)25(19-7-3-1-4-8-19)36-27(38)34-23-15-11-21(12-16-23)29(31,32)33/h1-18,25-26H,(H2,34,36,38)(H2,35,37,39)/t25-,26+/m0/s1. The maximum Gasteiger partial charge on any atom is 0.416 e. The number of amides is 4. The van der Waals surface area contributed by atoms with E-state index in [1.54, 1.807) is 48.5 Å². The Morgan fingerprint density at radius 1 is 0.590 bits per heavy atom. The fourth-order valence-corrected chi connectivity index (χ4v) is 4.06. The minimum Gasteiger partial charge on any atom is -0.329 e. The highest BCUT2D eigenvalue weighted by Crippen LogP contribution is 2.31. The fraction of sp³-hybridized carbons (Fsp3) is 0.103. The SMILES string of the molecule is O=C(Nc1ccc(Cl)cc1)N[C@H](c1ccccc1)[C@@H](NC(=O)Nc1ccc(C(F)(F)F)cc1)c1ccccc1. The number of carbonyl (C=O) groups excluding carboxylic acids is 2. The van der Waals surface area contributed by atoms with Crippen LogP contribution in [-0.4, -0.2) is 12.1 Å². The number of hydrogen-bond acceptors (Lipinski definition) is 2. The number of rotatable bonds is 7. The maximum atomic E-state index is 13.0. The summed E-state index contributed by atoms with van der Waals surface area (Å²) < 4.78 is 38.7. The van der Waals surface area contributed by atoms with Gasteiger partial charge in [0.15, 0.2) is 0 Å². The van der Waals surface area contributed by atoms with Crippen molar-refractivity contribution in [3.05, 3.63) is 131 Å². The first-order chi connectivity index (χ1) is 18.7. The average Bonchev–Trinajstić information content (AvgIpc) is 2.93. The second kappa shape index (κ2) is 12.4. The predicted molar refractivity (Wildman–Crippen MR) is 146 cm³/mol. The summed E-state index contributed by atoms with van der Waals surface area (Å²) in [4.78, 5) is 26.1. The molecule has 200 valence electrons. The smallest absolute Gasteiger partial charge is 0.329 e. The molecule has 6 nitrogen and oxygen atoms in total. The molecule has 0 radical (unpaired) electrons. The first kappa shape index (κ1) is 27.5. The topological polar surface area (TPSA) is 82.3 Å². The van der Waals surface area contributed by atoms with Gasteiger partial charge in [0.05, 0.1) is 17.6 Å². The highest BCUT2D eigenvalue weighted by molar-refractivity contribution is 6.30. The minimum absolute atomic E-state index is 0.178. The predicted octanol–water partition coefficient (Wildman–Crippen LogP) is 7.78. The van der Waals surface area contributed by atoms with Crippen LogP contribution in [0.1, 0.15) is 28.8 Å². The molecule has 10 heteroatoms. The molecule has 0 aliphatic rings. The van der Waals surface area contributed by atoms with Gasteiger partial charge in [0.25, 0.3) is 0 Å². The lowest BCUT2D eigenvalue weighted by atomic mass is 9.93.